The van der Waals surface area contributed by atoms with E-state index in [4.69, 9.17) is 5.11 Å². The molecule has 0 amide bonds. The maximum Gasteiger partial charge on any atom is 0.337 e. The van der Waals surface area contributed by atoms with Gasteiger partial charge in [0.05, 0.1) is 12.1 Å². The van der Waals surface area contributed by atoms with E-state index in [0.717, 1.165) is 6.92 Å². The van der Waals surface area contributed by atoms with Crippen molar-refractivity contribution in [2.24, 2.45) is 0 Å². The Kier molecular flexibility index (Phi) is 3.99. The first-order chi connectivity index (χ1) is 9.81. The number of halogens is 2. The summed E-state index contributed by atoms with van der Waals surface area (Å²) in [5, 5.41) is 21.5. The van der Waals surface area contributed by atoms with E-state index in [2.05, 4.69) is 15.3 Å². The summed E-state index contributed by atoms with van der Waals surface area (Å²) in [5.74, 6) is -2.04. The van der Waals surface area contributed by atoms with Crippen LogP contribution in [0.25, 0.3) is 10.9 Å². The molecule has 1 aromatic heterocycles. The number of anilines is 1. The van der Waals surface area contributed by atoms with Crippen molar-refractivity contribution in [3.8, 4) is 0 Å². The first-order valence-corrected chi connectivity index (χ1v) is 6.06. The zero-order valence-corrected chi connectivity index (χ0v) is 11.0. The first kappa shape index (κ1) is 15.0. The van der Waals surface area contributed by atoms with Crippen LogP contribution >= 0.6 is 0 Å². The van der Waals surface area contributed by atoms with Gasteiger partial charge in [-0.2, -0.15) is 0 Å². The highest BCUT2D eigenvalue weighted by Gasteiger charge is 2.30. The van der Waals surface area contributed by atoms with Crippen molar-refractivity contribution in [1.82, 2.24) is 9.97 Å². The number of nitrogens with zero attached hydrogens (tertiary/aromatic N) is 2. The van der Waals surface area contributed by atoms with Crippen LogP contribution in [0.1, 0.15) is 19.2 Å². The summed E-state index contributed by atoms with van der Waals surface area (Å²) >= 11 is 0. The highest BCUT2D eigenvalue weighted by molar-refractivity contribution is 5.89. The molecule has 1 heterocycles. The summed E-state index contributed by atoms with van der Waals surface area (Å²) in [6.45, 7) is 0.714. The number of aliphatic hydroxyl groups is 1. The van der Waals surface area contributed by atoms with Crippen LogP contribution in [-0.4, -0.2) is 38.3 Å². The van der Waals surface area contributed by atoms with Gasteiger partial charge in [0.1, 0.15) is 5.82 Å². The van der Waals surface area contributed by atoms with Crippen LogP contribution in [0.5, 0.6) is 0 Å². The van der Waals surface area contributed by atoms with Crippen LogP contribution in [0.2, 0.25) is 0 Å². The van der Waals surface area contributed by atoms with E-state index < -0.39 is 23.8 Å². The second kappa shape index (κ2) is 5.57. The fraction of sp³-hybridized carbons (Fsp3) is 0.308. The highest BCUT2D eigenvalue weighted by atomic mass is 19.3. The molecule has 0 radical (unpaired) electrons. The molecular formula is C13H13F2N3O3. The molecular weight excluding hydrogens is 284 g/mol. The lowest BCUT2D eigenvalue weighted by molar-refractivity contribution is -0.155. The number of alkyl halides is 2. The third-order valence-corrected chi connectivity index (χ3v) is 2.88. The molecule has 1 unspecified atom stereocenters. The molecule has 0 aliphatic carbocycles. The second-order valence-corrected chi connectivity index (χ2v) is 4.68. The van der Waals surface area contributed by atoms with E-state index in [0.29, 0.717) is 10.9 Å². The Morgan fingerprint density at radius 1 is 1.38 bits per heavy atom. The van der Waals surface area contributed by atoms with Gasteiger partial charge in [-0.15, -0.1) is 0 Å². The van der Waals surface area contributed by atoms with Gasteiger partial charge in [0, 0.05) is 5.39 Å². The summed E-state index contributed by atoms with van der Waals surface area (Å²) in [7, 11) is 0. The minimum atomic E-state index is -2.85. The molecule has 3 N–H and O–H groups in total. The van der Waals surface area contributed by atoms with Gasteiger partial charge >= 0.3 is 5.97 Å². The Morgan fingerprint density at radius 3 is 2.67 bits per heavy atom. The molecule has 1 atom stereocenters. The molecule has 0 saturated carbocycles. The van der Waals surface area contributed by atoms with Gasteiger partial charge in [0.25, 0.3) is 6.43 Å². The van der Waals surface area contributed by atoms with Crippen molar-refractivity contribution < 1.29 is 23.8 Å². The van der Waals surface area contributed by atoms with Gasteiger partial charge in [-0.05, 0) is 19.1 Å². The third kappa shape index (κ3) is 3.22. The monoisotopic (exact) mass is 297 g/mol. The fourth-order valence-corrected chi connectivity index (χ4v) is 1.66. The van der Waals surface area contributed by atoms with E-state index >= 15 is 0 Å². The number of hydrogen-bond acceptors (Lipinski definition) is 5. The zero-order valence-electron chi connectivity index (χ0n) is 11.0. The molecule has 0 saturated heterocycles. The maximum absolute atomic E-state index is 12.8. The van der Waals surface area contributed by atoms with Crippen LogP contribution in [0.15, 0.2) is 24.3 Å². The van der Waals surface area contributed by atoms with Crippen LogP contribution in [0.3, 0.4) is 0 Å². The normalized spacial score (nSPS) is 14.1. The molecule has 2 rings (SSSR count). The lowest BCUT2D eigenvalue weighted by atomic mass is 10.1. The lowest BCUT2D eigenvalue weighted by Crippen LogP contribution is -2.42. The number of aromatic nitrogens is 2. The molecule has 21 heavy (non-hydrogen) atoms. The minimum absolute atomic E-state index is 0.0532. The number of benzene rings is 1. The SMILES string of the molecule is CC(O)(CNc1nc(C(F)F)nc2ccccc12)C(=O)O. The summed E-state index contributed by atoms with van der Waals surface area (Å²) in [4.78, 5) is 18.3. The third-order valence-electron chi connectivity index (χ3n) is 2.88. The van der Waals surface area contributed by atoms with Crippen LogP contribution in [0, 0.1) is 0 Å². The fourth-order valence-electron chi connectivity index (χ4n) is 1.66. The molecule has 8 heteroatoms. The van der Waals surface area contributed by atoms with E-state index in [9.17, 15) is 18.7 Å². The molecule has 2 aromatic rings. The van der Waals surface area contributed by atoms with E-state index in [-0.39, 0.29) is 12.4 Å². The molecule has 0 bridgehead atoms. The number of fused-ring (bicyclic) bond motifs is 1. The number of carboxylic acids is 1. The molecule has 0 fully saturated rings. The number of rotatable bonds is 5. The van der Waals surface area contributed by atoms with Gasteiger partial charge in [-0.25, -0.2) is 23.5 Å². The molecule has 0 aliphatic rings. The number of nitrogens with one attached hydrogen (secondary N) is 1. The van der Waals surface area contributed by atoms with E-state index in [1.54, 1.807) is 24.3 Å². The van der Waals surface area contributed by atoms with Crippen molar-refractivity contribution in [3.63, 3.8) is 0 Å². The number of carboxylic acid groups (broad SMARTS) is 1. The number of aliphatic carboxylic acids is 1. The Balaban J connectivity index is 2.40. The predicted molar refractivity (Wildman–Crippen MR) is 71.2 cm³/mol. The van der Waals surface area contributed by atoms with Crippen LogP contribution < -0.4 is 5.32 Å². The Morgan fingerprint density at radius 2 is 2.05 bits per heavy atom. The average Bonchev–Trinajstić information content (AvgIpc) is 2.44. The standard InChI is InChI=1S/C13H13F2N3O3/c1-13(21,12(19)20)6-16-10-7-4-2-3-5-8(7)17-11(18-10)9(14)15/h2-5,9,21H,6H2,1H3,(H,19,20)(H,16,17,18). The van der Waals surface area contributed by atoms with Gasteiger partial charge < -0.3 is 15.5 Å². The highest BCUT2D eigenvalue weighted by Crippen LogP contribution is 2.24. The minimum Gasteiger partial charge on any atom is -0.479 e. The van der Waals surface area contributed by atoms with Crippen LogP contribution in [0.4, 0.5) is 14.6 Å². The Hall–Kier alpha value is -2.35. The van der Waals surface area contributed by atoms with Crippen molar-refractivity contribution in [2.75, 3.05) is 11.9 Å². The number of hydrogen-bond donors (Lipinski definition) is 3. The lowest BCUT2D eigenvalue weighted by Gasteiger charge is -2.19. The number of carbonyl (C=O) groups is 1. The zero-order chi connectivity index (χ0) is 15.6. The summed E-state index contributed by atoms with van der Waals surface area (Å²) in [6, 6.07) is 6.47. The summed E-state index contributed by atoms with van der Waals surface area (Å²) in [6.07, 6.45) is -2.85. The summed E-state index contributed by atoms with van der Waals surface area (Å²) in [5.41, 5.74) is -1.74. The first-order valence-electron chi connectivity index (χ1n) is 6.06. The quantitative estimate of drug-likeness (QED) is 0.779. The van der Waals surface area contributed by atoms with E-state index in [1.165, 1.54) is 0 Å². The van der Waals surface area contributed by atoms with Gasteiger partial charge in [-0.3, -0.25) is 0 Å². The molecule has 0 aliphatic heterocycles. The predicted octanol–water partition coefficient (Wildman–Crippen LogP) is 1.81. The van der Waals surface area contributed by atoms with Crippen molar-refractivity contribution in [3.05, 3.63) is 30.1 Å². The largest absolute Gasteiger partial charge is 0.479 e. The topological polar surface area (TPSA) is 95.3 Å². The van der Waals surface area contributed by atoms with Gasteiger partial charge in [-0.1, -0.05) is 12.1 Å². The van der Waals surface area contributed by atoms with Gasteiger partial charge in [0.15, 0.2) is 11.4 Å². The second-order valence-electron chi connectivity index (χ2n) is 4.68. The smallest absolute Gasteiger partial charge is 0.337 e. The average molecular weight is 297 g/mol. The molecule has 112 valence electrons. The molecule has 6 nitrogen and oxygen atoms in total. The van der Waals surface area contributed by atoms with Crippen molar-refractivity contribution in [1.29, 1.82) is 0 Å². The maximum atomic E-state index is 12.8. The van der Waals surface area contributed by atoms with Crippen LogP contribution in [-0.2, 0) is 4.79 Å². The number of para-hydroxylation sites is 1. The Labute approximate surface area is 118 Å². The Bertz CT molecular complexity index is 677. The molecule has 0 spiro atoms. The van der Waals surface area contributed by atoms with Crippen molar-refractivity contribution in [2.45, 2.75) is 19.0 Å². The summed E-state index contributed by atoms with van der Waals surface area (Å²) < 4.78 is 25.6. The molecule has 1 aromatic carbocycles. The van der Waals surface area contributed by atoms with Crippen molar-refractivity contribution >= 4 is 22.7 Å². The van der Waals surface area contributed by atoms with Gasteiger partial charge in [0.2, 0.25) is 0 Å². The van der Waals surface area contributed by atoms with E-state index in [1.807, 2.05) is 0 Å².